The highest BCUT2D eigenvalue weighted by Gasteiger charge is 2.25. The van der Waals surface area contributed by atoms with Gasteiger partial charge in [-0.1, -0.05) is 24.3 Å². The molecule has 2 rings (SSSR count). The van der Waals surface area contributed by atoms with Crippen LogP contribution in [0.1, 0.15) is 37.3 Å². The molecule has 1 aromatic rings. The highest BCUT2D eigenvalue weighted by atomic mass is 16.3. The largest absolute Gasteiger partial charge is 0.393 e. The summed E-state index contributed by atoms with van der Waals surface area (Å²) in [5, 5.41) is 9.52. The van der Waals surface area contributed by atoms with Crippen molar-refractivity contribution in [2.75, 3.05) is 6.54 Å². The van der Waals surface area contributed by atoms with Gasteiger partial charge in [0, 0.05) is 12.6 Å². The molecule has 17 heavy (non-hydrogen) atoms. The molecule has 1 heterocycles. The Morgan fingerprint density at radius 3 is 2.88 bits per heavy atom. The van der Waals surface area contributed by atoms with Crippen molar-refractivity contribution < 1.29 is 5.11 Å². The van der Waals surface area contributed by atoms with Crippen LogP contribution in [0.15, 0.2) is 24.3 Å². The average Bonchev–Trinajstić information content (AvgIpc) is 2.68. The lowest BCUT2D eigenvalue weighted by atomic mass is 10.1. The highest BCUT2D eigenvalue weighted by Crippen LogP contribution is 2.24. The predicted octanol–water partition coefficient (Wildman–Crippen LogP) is 2.73. The number of aliphatic hydroxyl groups is 1. The van der Waals surface area contributed by atoms with Crippen molar-refractivity contribution in [3.8, 4) is 0 Å². The molecule has 1 aromatic carbocycles. The van der Waals surface area contributed by atoms with E-state index in [0.29, 0.717) is 6.04 Å². The SMILES string of the molecule is Cc1ccccc1CN1CCCC1CC(C)O. The molecule has 94 valence electrons. The van der Waals surface area contributed by atoms with E-state index >= 15 is 0 Å². The van der Waals surface area contributed by atoms with Crippen LogP contribution in [0.25, 0.3) is 0 Å². The van der Waals surface area contributed by atoms with E-state index in [1.807, 2.05) is 6.92 Å². The molecule has 0 aliphatic carbocycles. The summed E-state index contributed by atoms with van der Waals surface area (Å²) in [5.41, 5.74) is 2.79. The first-order valence-electron chi connectivity index (χ1n) is 6.63. The maximum Gasteiger partial charge on any atom is 0.0527 e. The van der Waals surface area contributed by atoms with Gasteiger partial charge in [0.05, 0.1) is 6.10 Å². The Hall–Kier alpha value is -0.860. The molecule has 2 atom stereocenters. The van der Waals surface area contributed by atoms with E-state index in [2.05, 4.69) is 36.1 Å². The zero-order chi connectivity index (χ0) is 12.3. The van der Waals surface area contributed by atoms with E-state index in [-0.39, 0.29) is 6.10 Å². The standard InChI is InChI=1S/C15H23NO/c1-12-6-3-4-7-14(12)11-16-9-5-8-15(16)10-13(2)17/h3-4,6-7,13,15,17H,5,8-11H2,1-2H3. The first-order chi connectivity index (χ1) is 8.16. The van der Waals surface area contributed by atoms with Crippen molar-refractivity contribution in [1.82, 2.24) is 4.90 Å². The molecule has 0 spiro atoms. The number of likely N-dealkylation sites (tertiary alicyclic amines) is 1. The number of nitrogens with zero attached hydrogens (tertiary/aromatic N) is 1. The molecule has 1 fully saturated rings. The number of hydrogen-bond acceptors (Lipinski definition) is 2. The van der Waals surface area contributed by atoms with Crippen molar-refractivity contribution >= 4 is 0 Å². The Bertz CT molecular complexity index is 362. The van der Waals surface area contributed by atoms with Crippen LogP contribution in [0, 0.1) is 6.92 Å². The van der Waals surface area contributed by atoms with Gasteiger partial charge in [0.15, 0.2) is 0 Å². The monoisotopic (exact) mass is 233 g/mol. The van der Waals surface area contributed by atoms with Gasteiger partial charge in [0.1, 0.15) is 0 Å². The maximum absolute atomic E-state index is 9.52. The molecular formula is C15H23NO. The van der Waals surface area contributed by atoms with Gasteiger partial charge >= 0.3 is 0 Å². The number of rotatable bonds is 4. The second-order valence-electron chi connectivity index (χ2n) is 5.28. The van der Waals surface area contributed by atoms with Crippen LogP contribution in [-0.2, 0) is 6.54 Å². The number of hydrogen-bond donors (Lipinski definition) is 1. The predicted molar refractivity (Wildman–Crippen MR) is 70.9 cm³/mol. The molecular weight excluding hydrogens is 210 g/mol. The summed E-state index contributed by atoms with van der Waals surface area (Å²) in [7, 11) is 0. The lowest BCUT2D eigenvalue weighted by Crippen LogP contribution is -2.31. The van der Waals surface area contributed by atoms with E-state index < -0.39 is 0 Å². The van der Waals surface area contributed by atoms with E-state index in [1.165, 1.54) is 30.5 Å². The van der Waals surface area contributed by atoms with Gasteiger partial charge in [-0.2, -0.15) is 0 Å². The van der Waals surface area contributed by atoms with Crippen molar-refractivity contribution in [2.24, 2.45) is 0 Å². The lowest BCUT2D eigenvalue weighted by molar-refractivity contribution is 0.130. The molecule has 0 radical (unpaired) electrons. The minimum Gasteiger partial charge on any atom is -0.393 e. The quantitative estimate of drug-likeness (QED) is 0.864. The summed E-state index contributed by atoms with van der Waals surface area (Å²) < 4.78 is 0. The summed E-state index contributed by atoms with van der Waals surface area (Å²) >= 11 is 0. The van der Waals surface area contributed by atoms with E-state index in [1.54, 1.807) is 0 Å². The van der Waals surface area contributed by atoms with Gasteiger partial charge in [-0.15, -0.1) is 0 Å². The Morgan fingerprint density at radius 1 is 1.41 bits per heavy atom. The summed E-state index contributed by atoms with van der Waals surface area (Å²) in [4.78, 5) is 2.52. The van der Waals surface area contributed by atoms with Crippen LogP contribution in [0.2, 0.25) is 0 Å². The van der Waals surface area contributed by atoms with Crippen LogP contribution >= 0.6 is 0 Å². The zero-order valence-corrected chi connectivity index (χ0v) is 10.9. The first-order valence-corrected chi connectivity index (χ1v) is 6.63. The number of aryl methyl sites for hydroxylation is 1. The molecule has 2 nitrogen and oxygen atoms in total. The lowest BCUT2D eigenvalue weighted by Gasteiger charge is -2.26. The fourth-order valence-corrected chi connectivity index (χ4v) is 2.77. The molecule has 2 unspecified atom stereocenters. The van der Waals surface area contributed by atoms with Gasteiger partial charge < -0.3 is 5.11 Å². The Labute approximate surface area is 104 Å². The van der Waals surface area contributed by atoms with Gasteiger partial charge in [-0.25, -0.2) is 0 Å². The third kappa shape index (κ3) is 3.30. The molecule has 1 N–H and O–H groups in total. The smallest absolute Gasteiger partial charge is 0.0527 e. The minimum absolute atomic E-state index is 0.183. The van der Waals surface area contributed by atoms with E-state index in [4.69, 9.17) is 0 Å². The van der Waals surface area contributed by atoms with Crippen LogP contribution in [0.5, 0.6) is 0 Å². The molecule has 1 aliphatic rings. The Morgan fingerprint density at radius 2 is 2.18 bits per heavy atom. The zero-order valence-electron chi connectivity index (χ0n) is 10.9. The summed E-state index contributed by atoms with van der Waals surface area (Å²) in [6.45, 7) is 6.27. The molecule has 0 aromatic heterocycles. The first kappa shape index (κ1) is 12.6. The topological polar surface area (TPSA) is 23.5 Å². The van der Waals surface area contributed by atoms with E-state index in [9.17, 15) is 5.11 Å². The molecule has 0 saturated carbocycles. The third-order valence-corrected chi connectivity index (χ3v) is 3.75. The van der Waals surface area contributed by atoms with Crippen LogP contribution < -0.4 is 0 Å². The maximum atomic E-state index is 9.52. The summed E-state index contributed by atoms with van der Waals surface area (Å²) in [5.74, 6) is 0. The molecule has 0 bridgehead atoms. The second kappa shape index (κ2) is 5.65. The molecule has 1 aliphatic heterocycles. The third-order valence-electron chi connectivity index (χ3n) is 3.75. The molecule has 2 heteroatoms. The Balaban J connectivity index is 2.00. The average molecular weight is 233 g/mol. The fraction of sp³-hybridized carbons (Fsp3) is 0.600. The van der Waals surface area contributed by atoms with Gasteiger partial charge in [-0.05, 0) is 50.8 Å². The van der Waals surface area contributed by atoms with E-state index in [0.717, 1.165) is 13.0 Å². The molecule has 0 amide bonds. The summed E-state index contributed by atoms with van der Waals surface area (Å²) in [6.07, 6.45) is 3.23. The van der Waals surface area contributed by atoms with Crippen LogP contribution in [0.3, 0.4) is 0 Å². The highest BCUT2D eigenvalue weighted by molar-refractivity contribution is 5.25. The Kier molecular flexibility index (Phi) is 4.19. The van der Waals surface area contributed by atoms with Crippen LogP contribution in [0.4, 0.5) is 0 Å². The number of benzene rings is 1. The fourth-order valence-electron chi connectivity index (χ4n) is 2.77. The van der Waals surface area contributed by atoms with Crippen molar-refractivity contribution in [2.45, 2.75) is 51.8 Å². The van der Waals surface area contributed by atoms with Crippen molar-refractivity contribution in [3.63, 3.8) is 0 Å². The normalized spacial score (nSPS) is 22.9. The molecule has 1 saturated heterocycles. The van der Waals surface area contributed by atoms with Crippen molar-refractivity contribution in [1.29, 1.82) is 0 Å². The number of aliphatic hydroxyl groups excluding tert-OH is 1. The summed E-state index contributed by atoms with van der Waals surface area (Å²) in [6, 6.07) is 9.16. The van der Waals surface area contributed by atoms with Crippen LogP contribution in [-0.4, -0.2) is 28.7 Å². The van der Waals surface area contributed by atoms with Crippen molar-refractivity contribution in [3.05, 3.63) is 35.4 Å². The van der Waals surface area contributed by atoms with Gasteiger partial charge in [0.2, 0.25) is 0 Å². The van der Waals surface area contributed by atoms with Gasteiger partial charge in [0.25, 0.3) is 0 Å². The minimum atomic E-state index is -0.183. The second-order valence-corrected chi connectivity index (χ2v) is 5.28. The van der Waals surface area contributed by atoms with Gasteiger partial charge in [-0.3, -0.25) is 4.90 Å².